The van der Waals surface area contributed by atoms with Gasteiger partial charge in [0.15, 0.2) is 0 Å². The molecular weight excluding hydrogens is 140 g/mol. The summed E-state index contributed by atoms with van der Waals surface area (Å²) < 4.78 is 0. The molecule has 0 heterocycles. The van der Waals surface area contributed by atoms with E-state index < -0.39 is 0 Å². The molecule has 1 heteroatoms. The van der Waals surface area contributed by atoms with Gasteiger partial charge in [-0.15, -0.1) is 0 Å². The summed E-state index contributed by atoms with van der Waals surface area (Å²) >= 11 is 2.29. The Morgan fingerprint density at radius 1 is 0.700 bits per heavy atom. The van der Waals surface area contributed by atoms with E-state index in [1.807, 2.05) is 0 Å². The lowest BCUT2D eigenvalue weighted by Gasteiger charge is -2.20. The highest BCUT2D eigenvalue weighted by Crippen LogP contribution is 2.41. The van der Waals surface area contributed by atoms with E-state index in [0.717, 1.165) is 10.5 Å². The second kappa shape index (κ2) is 3.17. The summed E-state index contributed by atoms with van der Waals surface area (Å²) in [6.07, 6.45) is 10.6. The fraction of sp³-hybridized carbons (Fsp3) is 1.00. The molecule has 0 aromatic heterocycles. The predicted octanol–water partition coefficient (Wildman–Crippen LogP) is 3.21. The molecule has 10 heavy (non-hydrogen) atoms. The highest BCUT2D eigenvalue weighted by Gasteiger charge is 2.26. The van der Waals surface area contributed by atoms with Gasteiger partial charge in [-0.05, 0) is 25.7 Å². The van der Waals surface area contributed by atoms with Gasteiger partial charge in [-0.3, -0.25) is 0 Å². The van der Waals surface area contributed by atoms with Gasteiger partial charge in [-0.1, -0.05) is 19.3 Å². The second-order valence-electron chi connectivity index (χ2n) is 3.60. The number of hydrogen-bond acceptors (Lipinski definition) is 1. The molecule has 0 atom stereocenters. The van der Waals surface area contributed by atoms with Gasteiger partial charge in [-0.2, -0.15) is 11.8 Å². The normalized spacial score (nSPS) is 28.8. The molecule has 0 radical (unpaired) electrons. The first-order valence-corrected chi connectivity index (χ1v) is 5.55. The fourth-order valence-corrected chi connectivity index (χ4v) is 3.24. The van der Waals surface area contributed by atoms with E-state index in [-0.39, 0.29) is 0 Å². The molecular formula is C9H16S. The van der Waals surface area contributed by atoms with Crippen LogP contribution in [0.5, 0.6) is 0 Å². The number of thioether (sulfide) groups is 1. The summed E-state index contributed by atoms with van der Waals surface area (Å²) in [5, 5.41) is 2.14. The van der Waals surface area contributed by atoms with E-state index in [4.69, 9.17) is 0 Å². The van der Waals surface area contributed by atoms with Crippen molar-refractivity contribution in [1.29, 1.82) is 0 Å². The average Bonchev–Trinajstić information content (AvgIpc) is 2.74. The van der Waals surface area contributed by atoms with Crippen molar-refractivity contribution < 1.29 is 0 Å². The largest absolute Gasteiger partial charge is 0.155 e. The van der Waals surface area contributed by atoms with Gasteiger partial charge >= 0.3 is 0 Å². The van der Waals surface area contributed by atoms with E-state index in [9.17, 15) is 0 Å². The highest BCUT2D eigenvalue weighted by atomic mass is 32.2. The van der Waals surface area contributed by atoms with Gasteiger partial charge in [0.05, 0.1) is 0 Å². The van der Waals surface area contributed by atoms with Gasteiger partial charge in [0, 0.05) is 10.5 Å². The molecule has 2 aliphatic rings. The summed E-state index contributed by atoms with van der Waals surface area (Å²) in [6, 6.07) is 0. The monoisotopic (exact) mass is 156 g/mol. The maximum atomic E-state index is 2.29. The molecule has 2 aliphatic carbocycles. The standard InChI is InChI=1S/C9H16S/c1-2-4-8(5-3-1)10-9-6-7-9/h8-9H,1-7H2. The summed E-state index contributed by atoms with van der Waals surface area (Å²) in [7, 11) is 0. The molecule has 0 spiro atoms. The van der Waals surface area contributed by atoms with Crippen molar-refractivity contribution in [2.45, 2.75) is 55.4 Å². The van der Waals surface area contributed by atoms with Crippen LogP contribution in [-0.2, 0) is 0 Å². The van der Waals surface area contributed by atoms with E-state index in [2.05, 4.69) is 11.8 Å². The smallest absolute Gasteiger partial charge is 0.00506 e. The average molecular weight is 156 g/mol. The van der Waals surface area contributed by atoms with Crippen LogP contribution in [0.2, 0.25) is 0 Å². The van der Waals surface area contributed by atoms with Gasteiger partial charge in [0.1, 0.15) is 0 Å². The quantitative estimate of drug-likeness (QED) is 0.591. The first kappa shape index (κ1) is 7.02. The fourth-order valence-electron chi connectivity index (χ4n) is 1.68. The van der Waals surface area contributed by atoms with Gasteiger partial charge < -0.3 is 0 Å². The lowest BCUT2D eigenvalue weighted by Crippen LogP contribution is -2.08. The van der Waals surface area contributed by atoms with Gasteiger partial charge in [-0.25, -0.2) is 0 Å². The van der Waals surface area contributed by atoms with Crippen LogP contribution >= 0.6 is 11.8 Å². The van der Waals surface area contributed by atoms with Crippen LogP contribution in [0.4, 0.5) is 0 Å². The molecule has 0 saturated heterocycles. The van der Waals surface area contributed by atoms with E-state index in [0.29, 0.717) is 0 Å². The van der Waals surface area contributed by atoms with Crippen molar-refractivity contribution in [2.75, 3.05) is 0 Å². The molecule has 2 fully saturated rings. The molecule has 0 amide bonds. The van der Waals surface area contributed by atoms with Crippen LogP contribution in [0, 0.1) is 0 Å². The summed E-state index contributed by atoms with van der Waals surface area (Å²) in [6.45, 7) is 0. The minimum absolute atomic E-state index is 1.06. The van der Waals surface area contributed by atoms with Crippen LogP contribution in [0.25, 0.3) is 0 Å². The highest BCUT2D eigenvalue weighted by molar-refractivity contribution is 8.00. The zero-order valence-corrected chi connectivity index (χ0v) is 7.33. The Morgan fingerprint density at radius 2 is 1.30 bits per heavy atom. The third kappa shape index (κ3) is 1.91. The number of rotatable bonds is 2. The van der Waals surface area contributed by atoms with E-state index in [1.165, 1.54) is 44.9 Å². The Bertz CT molecular complexity index is 101. The first-order chi connectivity index (χ1) is 4.95. The molecule has 2 saturated carbocycles. The third-order valence-corrected chi connectivity index (χ3v) is 4.17. The number of hydrogen-bond donors (Lipinski definition) is 0. The van der Waals surface area contributed by atoms with Crippen LogP contribution in [0.3, 0.4) is 0 Å². The van der Waals surface area contributed by atoms with Crippen LogP contribution in [-0.4, -0.2) is 10.5 Å². The van der Waals surface area contributed by atoms with Crippen molar-refractivity contribution in [2.24, 2.45) is 0 Å². The first-order valence-electron chi connectivity index (χ1n) is 4.60. The van der Waals surface area contributed by atoms with Crippen molar-refractivity contribution in [3.63, 3.8) is 0 Å². The molecule has 58 valence electrons. The van der Waals surface area contributed by atoms with E-state index in [1.54, 1.807) is 0 Å². The maximum Gasteiger partial charge on any atom is 0.00506 e. The Kier molecular flexibility index (Phi) is 2.22. The molecule has 0 N–H and O–H groups in total. The Balaban J connectivity index is 1.69. The molecule has 0 nitrogen and oxygen atoms in total. The van der Waals surface area contributed by atoms with Gasteiger partial charge in [0.25, 0.3) is 0 Å². The lowest BCUT2D eigenvalue weighted by molar-refractivity contribution is 0.516. The predicted molar refractivity (Wildman–Crippen MR) is 47.5 cm³/mol. The zero-order valence-electron chi connectivity index (χ0n) is 6.51. The van der Waals surface area contributed by atoms with Gasteiger partial charge in [0.2, 0.25) is 0 Å². The SMILES string of the molecule is C1CCC(SC2CC2)CC1. The van der Waals surface area contributed by atoms with Crippen molar-refractivity contribution in [1.82, 2.24) is 0 Å². The van der Waals surface area contributed by atoms with Crippen LogP contribution < -0.4 is 0 Å². The molecule has 0 bridgehead atoms. The lowest BCUT2D eigenvalue weighted by atomic mass is 10.0. The molecule has 0 aromatic rings. The Labute approximate surface area is 67.8 Å². The molecule has 0 unspecified atom stereocenters. The molecule has 0 aromatic carbocycles. The van der Waals surface area contributed by atoms with Crippen molar-refractivity contribution in [3.8, 4) is 0 Å². The molecule has 0 aliphatic heterocycles. The summed E-state index contributed by atoms with van der Waals surface area (Å²) in [5.74, 6) is 0. The van der Waals surface area contributed by atoms with Crippen molar-refractivity contribution >= 4 is 11.8 Å². The topological polar surface area (TPSA) is 0 Å². The van der Waals surface area contributed by atoms with E-state index >= 15 is 0 Å². The maximum absolute atomic E-state index is 2.29. The summed E-state index contributed by atoms with van der Waals surface area (Å²) in [5.41, 5.74) is 0. The summed E-state index contributed by atoms with van der Waals surface area (Å²) in [4.78, 5) is 0. The Morgan fingerprint density at radius 3 is 1.90 bits per heavy atom. The minimum atomic E-state index is 1.06. The minimum Gasteiger partial charge on any atom is -0.155 e. The molecule has 2 rings (SSSR count). The van der Waals surface area contributed by atoms with Crippen LogP contribution in [0.1, 0.15) is 44.9 Å². The zero-order chi connectivity index (χ0) is 6.81. The van der Waals surface area contributed by atoms with Crippen LogP contribution in [0.15, 0.2) is 0 Å². The van der Waals surface area contributed by atoms with Crippen molar-refractivity contribution in [3.05, 3.63) is 0 Å². The Hall–Kier alpha value is 0.350. The second-order valence-corrected chi connectivity index (χ2v) is 5.20. The third-order valence-electron chi connectivity index (χ3n) is 2.46.